The highest BCUT2D eigenvalue weighted by Gasteiger charge is 2.19. The highest BCUT2D eigenvalue weighted by Crippen LogP contribution is 2.25. The van der Waals surface area contributed by atoms with E-state index >= 15 is 0 Å². The van der Waals surface area contributed by atoms with E-state index in [0.29, 0.717) is 0 Å². The molecule has 2 rings (SSSR count). The molecule has 2 aromatic heterocycles. The first kappa shape index (κ1) is 12.6. The molecule has 0 amide bonds. The van der Waals surface area contributed by atoms with Crippen LogP contribution in [0.1, 0.15) is 43.2 Å². The standard InChI is InChI=1S/C11H16N4S2/c1-11(2,3)9-6-16-10(14-9)4-7(12)8-5-13-17-15-8/h5-7H,4,12H2,1-3H3. The van der Waals surface area contributed by atoms with E-state index in [9.17, 15) is 0 Å². The van der Waals surface area contributed by atoms with Gasteiger partial charge < -0.3 is 5.73 Å². The van der Waals surface area contributed by atoms with Crippen LogP contribution in [-0.4, -0.2) is 13.7 Å². The minimum absolute atomic E-state index is 0.0982. The van der Waals surface area contributed by atoms with Gasteiger partial charge >= 0.3 is 0 Å². The van der Waals surface area contributed by atoms with Crippen molar-refractivity contribution in [1.29, 1.82) is 0 Å². The van der Waals surface area contributed by atoms with E-state index in [0.717, 1.165) is 22.8 Å². The Bertz CT molecular complexity index is 470. The summed E-state index contributed by atoms with van der Waals surface area (Å²) < 4.78 is 8.11. The van der Waals surface area contributed by atoms with Gasteiger partial charge in [0.05, 0.1) is 40.4 Å². The molecule has 0 fully saturated rings. The predicted octanol–water partition coefficient (Wildman–Crippen LogP) is 2.53. The zero-order valence-corrected chi connectivity index (χ0v) is 11.8. The second-order valence-electron chi connectivity index (χ2n) is 5.02. The third-order valence-corrected chi connectivity index (χ3v) is 3.84. The summed E-state index contributed by atoms with van der Waals surface area (Å²) in [7, 11) is 0. The fourth-order valence-corrected chi connectivity index (χ4v) is 2.94. The molecule has 0 aliphatic rings. The van der Waals surface area contributed by atoms with Crippen LogP contribution >= 0.6 is 23.1 Å². The Morgan fingerprint density at radius 1 is 1.41 bits per heavy atom. The minimum Gasteiger partial charge on any atom is -0.322 e. The van der Waals surface area contributed by atoms with Crippen LogP contribution < -0.4 is 5.73 Å². The zero-order chi connectivity index (χ0) is 12.5. The maximum atomic E-state index is 6.06. The molecule has 0 spiro atoms. The van der Waals surface area contributed by atoms with E-state index in [4.69, 9.17) is 5.73 Å². The van der Waals surface area contributed by atoms with Crippen LogP contribution in [0.2, 0.25) is 0 Å². The van der Waals surface area contributed by atoms with Crippen LogP contribution in [0.15, 0.2) is 11.6 Å². The molecule has 0 aromatic carbocycles. The van der Waals surface area contributed by atoms with Crippen molar-refractivity contribution in [2.75, 3.05) is 0 Å². The van der Waals surface area contributed by atoms with Crippen LogP contribution in [0.5, 0.6) is 0 Å². The summed E-state index contributed by atoms with van der Waals surface area (Å²) in [6, 6.07) is -0.104. The molecule has 1 unspecified atom stereocenters. The van der Waals surface area contributed by atoms with Gasteiger partial charge in [-0.3, -0.25) is 0 Å². The Hall–Kier alpha value is -0.850. The average Bonchev–Trinajstić information content (AvgIpc) is 2.85. The molecule has 0 bridgehead atoms. The fourth-order valence-electron chi connectivity index (χ4n) is 1.38. The van der Waals surface area contributed by atoms with E-state index < -0.39 is 0 Å². The number of nitrogens with two attached hydrogens (primary N) is 1. The van der Waals surface area contributed by atoms with Gasteiger partial charge in [0.2, 0.25) is 0 Å². The SMILES string of the molecule is CC(C)(C)c1csc(CC(N)c2cnsn2)n1. The molecule has 0 aliphatic carbocycles. The first-order chi connectivity index (χ1) is 7.97. The zero-order valence-electron chi connectivity index (χ0n) is 10.2. The van der Waals surface area contributed by atoms with E-state index in [1.165, 1.54) is 11.7 Å². The summed E-state index contributed by atoms with van der Waals surface area (Å²) in [6.45, 7) is 6.49. The molecule has 0 saturated carbocycles. The van der Waals surface area contributed by atoms with Gasteiger partial charge in [-0.1, -0.05) is 20.8 Å². The van der Waals surface area contributed by atoms with Gasteiger partial charge in [-0.2, -0.15) is 8.75 Å². The van der Waals surface area contributed by atoms with Gasteiger partial charge in [0.15, 0.2) is 0 Å². The highest BCUT2D eigenvalue weighted by molar-refractivity contribution is 7.09. The van der Waals surface area contributed by atoms with Crippen LogP contribution in [-0.2, 0) is 11.8 Å². The quantitative estimate of drug-likeness (QED) is 0.929. The van der Waals surface area contributed by atoms with Crippen molar-refractivity contribution in [1.82, 2.24) is 13.7 Å². The Kier molecular flexibility index (Phi) is 3.56. The van der Waals surface area contributed by atoms with Gasteiger partial charge in [-0.15, -0.1) is 11.3 Å². The van der Waals surface area contributed by atoms with Crippen molar-refractivity contribution in [2.24, 2.45) is 5.73 Å². The molecule has 0 aliphatic heterocycles. The second-order valence-corrected chi connectivity index (χ2v) is 6.52. The number of aromatic nitrogens is 3. The van der Waals surface area contributed by atoms with Gasteiger partial charge in [0.1, 0.15) is 0 Å². The summed E-state index contributed by atoms with van der Waals surface area (Å²) in [5.41, 5.74) is 8.13. The highest BCUT2D eigenvalue weighted by atomic mass is 32.1. The normalized spacial score (nSPS) is 13.9. The van der Waals surface area contributed by atoms with E-state index in [1.807, 2.05) is 0 Å². The lowest BCUT2D eigenvalue weighted by molar-refractivity contribution is 0.568. The number of hydrogen-bond donors (Lipinski definition) is 1. The van der Waals surface area contributed by atoms with Crippen molar-refractivity contribution in [3.8, 4) is 0 Å². The van der Waals surface area contributed by atoms with Gasteiger partial charge in [0, 0.05) is 17.2 Å². The second kappa shape index (κ2) is 4.80. The molecule has 0 radical (unpaired) electrons. The number of hydrogen-bond acceptors (Lipinski definition) is 6. The van der Waals surface area contributed by atoms with E-state index in [-0.39, 0.29) is 11.5 Å². The molecule has 0 saturated heterocycles. The molecular weight excluding hydrogens is 252 g/mol. The monoisotopic (exact) mass is 268 g/mol. The number of rotatable bonds is 3. The minimum atomic E-state index is -0.104. The predicted molar refractivity (Wildman–Crippen MR) is 71.4 cm³/mol. The Balaban J connectivity index is 2.07. The molecule has 6 heteroatoms. The summed E-state index contributed by atoms with van der Waals surface area (Å²) in [6.07, 6.45) is 2.46. The number of thiazole rings is 1. The Morgan fingerprint density at radius 3 is 2.71 bits per heavy atom. The van der Waals surface area contributed by atoms with Crippen LogP contribution in [0.4, 0.5) is 0 Å². The summed E-state index contributed by atoms with van der Waals surface area (Å²) in [5.74, 6) is 0. The van der Waals surface area contributed by atoms with Crippen molar-refractivity contribution >= 4 is 23.1 Å². The van der Waals surface area contributed by atoms with E-state index in [1.54, 1.807) is 17.5 Å². The average molecular weight is 268 g/mol. The maximum absolute atomic E-state index is 6.06. The molecule has 1 atom stereocenters. The first-order valence-electron chi connectivity index (χ1n) is 5.45. The lowest BCUT2D eigenvalue weighted by atomic mass is 9.93. The lowest BCUT2D eigenvalue weighted by Gasteiger charge is -2.14. The van der Waals surface area contributed by atoms with Crippen LogP contribution in [0.25, 0.3) is 0 Å². The molecule has 2 heterocycles. The molecule has 17 heavy (non-hydrogen) atoms. The third-order valence-electron chi connectivity index (χ3n) is 2.47. The van der Waals surface area contributed by atoms with Crippen molar-refractivity contribution < 1.29 is 0 Å². The maximum Gasteiger partial charge on any atom is 0.0948 e. The van der Waals surface area contributed by atoms with Gasteiger partial charge in [-0.25, -0.2) is 4.98 Å². The lowest BCUT2D eigenvalue weighted by Crippen LogP contribution is -2.15. The van der Waals surface area contributed by atoms with Crippen molar-refractivity contribution in [3.63, 3.8) is 0 Å². The molecular formula is C11H16N4S2. The fraction of sp³-hybridized carbons (Fsp3) is 0.545. The molecule has 2 aromatic rings. The number of nitrogens with zero attached hydrogens (tertiary/aromatic N) is 3. The van der Waals surface area contributed by atoms with Gasteiger partial charge in [-0.05, 0) is 0 Å². The summed E-state index contributed by atoms with van der Waals surface area (Å²) in [4.78, 5) is 4.63. The van der Waals surface area contributed by atoms with Crippen LogP contribution in [0, 0.1) is 0 Å². The van der Waals surface area contributed by atoms with Crippen LogP contribution in [0.3, 0.4) is 0 Å². The van der Waals surface area contributed by atoms with Crippen molar-refractivity contribution in [2.45, 2.75) is 38.6 Å². The third kappa shape index (κ3) is 3.08. The van der Waals surface area contributed by atoms with Gasteiger partial charge in [0.25, 0.3) is 0 Å². The Labute approximate surface area is 109 Å². The summed E-state index contributed by atoms with van der Waals surface area (Å²) in [5, 5.41) is 3.18. The molecule has 4 nitrogen and oxygen atoms in total. The first-order valence-corrected chi connectivity index (χ1v) is 7.06. The molecule has 92 valence electrons. The van der Waals surface area contributed by atoms with E-state index in [2.05, 4.69) is 39.9 Å². The Morgan fingerprint density at radius 2 is 2.18 bits per heavy atom. The van der Waals surface area contributed by atoms with Crippen molar-refractivity contribution in [3.05, 3.63) is 28.0 Å². The topological polar surface area (TPSA) is 64.7 Å². The largest absolute Gasteiger partial charge is 0.322 e. The summed E-state index contributed by atoms with van der Waals surface area (Å²) >= 11 is 2.86. The smallest absolute Gasteiger partial charge is 0.0948 e. The molecule has 2 N–H and O–H groups in total.